The Morgan fingerprint density at radius 3 is 2.62 bits per heavy atom. The lowest BCUT2D eigenvalue weighted by atomic mass is 10.2. The zero-order valence-electron chi connectivity index (χ0n) is 8.44. The molecule has 16 heavy (non-hydrogen) atoms. The number of aromatic carboxylic acids is 1. The van der Waals surface area contributed by atoms with Crippen molar-refractivity contribution in [2.24, 2.45) is 5.73 Å². The second kappa shape index (κ2) is 4.85. The molecule has 1 atom stereocenters. The largest absolute Gasteiger partial charge is 0.480 e. The SMILES string of the molecule is CC(Oc1ccc(Cl)cc1C(=O)O)C(N)=O. The number of rotatable bonds is 4. The maximum atomic E-state index is 10.9. The third-order valence-electron chi connectivity index (χ3n) is 1.88. The number of carboxylic acid groups (broad SMARTS) is 1. The van der Waals surface area contributed by atoms with Gasteiger partial charge in [-0.2, -0.15) is 0 Å². The van der Waals surface area contributed by atoms with Crippen LogP contribution in [0.25, 0.3) is 0 Å². The van der Waals surface area contributed by atoms with Gasteiger partial charge in [0.2, 0.25) is 0 Å². The van der Waals surface area contributed by atoms with Crippen LogP contribution in [0.15, 0.2) is 18.2 Å². The van der Waals surface area contributed by atoms with Crippen LogP contribution in [0.3, 0.4) is 0 Å². The van der Waals surface area contributed by atoms with Gasteiger partial charge in [-0.3, -0.25) is 4.79 Å². The van der Waals surface area contributed by atoms with Crippen molar-refractivity contribution in [2.75, 3.05) is 0 Å². The summed E-state index contributed by atoms with van der Waals surface area (Å²) in [5, 5.41) is 9.16. The first-order chi connectivity index (χ1) is 7.41. The molecule has 0 saturated carbocycles. The number of benzene rings is 1. The zero-order valence-corrected chi connectivity index (χ0v) is 9.19. The van der Waals surface area contributed by atoms with E-state index in [9.17, 15) is 9.59 Å². The Labute approximate surface area is 96.8 Å². The molecule has 0 aliphatic heterocycles. The van der Waals surface area contributed by atoms with E-state index in [0.29, 0.717) is 0 Å². The quantitative estimate of drug-likeness (QED) is 0.834. The van der Waals surface area contributed by atoms with Gasteiger partial charge >= 0.3 is 5.97 Å². The monoisotopic (exact) mass is 243 g/mol. The fraction of sp³-hybridized carbons (Fsp3) is 0.200. The number of carboxylic acids is 1. The van der Waals surface area contributed by atoms with E-state index in [2.05, 4.69) is 0 Å². The van der Waals surface area contributed by atoms with Gasteiger partial charge < -0.3 is 15.6 Å². The molecule has 0 bridgehead atoms. The number of primary amides is 1. The second-order valence-corrected chi connectivity index (χ2v) is 3.54. The Kier molecular flexibility index (Phi) is 3.73. The standard InChI is InChI=1S/C10H10ClNO4/c1-5(9(12)13)16-8-3-2-6(11)4-7(8)10(14)15/h2-5H,1H3,(H2,12,13)(H,14,15). The molecular weight excluding hydrogens is 234 g/mol. The normalized spacial score (nSPS) is 11.9. The molecule has 0 saturated heterocycles. The van der Waals surface area contributed by atoms with Crippen molar-refractivity contribution in [2.45, 2.75) is 13.0 Å². The summed E-state index contributed by atoms with van der Waals surface area (Å²) in [5.74, 6) is -1.80. The number of amides is 1. The third-order valence-corrected chi connectivity index (χ3v) is 2.11. The summed E-state index contributed by atoms with van der Waals surface area (Å²) in [6.45, 7) is 1.43. The van der Waals surface area contributed by atoms with Crippen LogP contribution in [0.2, 0.25) is 5.02 Å². The molecule has 1 unspecified atom stereocenters. The first-order valence-corrected chi connectivity index (χ1v) is 4.78. The van der Waals surface area contributed by atoms with Crippen molar-refractivity contribution >= 4 is 23.5 Å². The number of nitrogens with two attached hydrogens (primary N) is 1. The van der Waals surface area contributed by atoms with E-state index < -0.39 is 18.0 Å². The summed E-state index contributed by atoms with van der Waals surface area (Å²) in [6.07, 6.45) is -0.903. The molecule has 0 radical (unpaired) electrons. The molecule has 0 aliphatic rings. The minimum absolute atomic E-state index is 0.0585. The second-order valence-electron chi connectivity index (χ2n) is 3.11. The molecular formula is C10H10ClNO4. The fourth-order valence-electron chi connectivity index (χ4n) is 1.02. The van der Waals surface area contributed by atoms with E-state index in [1.807, 2.05) is 0 Å². The lowest BCUT2D eigenvalue weighted by molar-refractivity contribution is -0.124. The summed E-state index contributed by atoms with van der Waals surface area (Å²) in [4.78, 5) is 21.6. The maximum absolute atomic E-state index is 10.9. The van der Waals surface area contributed by atoms with E-state index in [0.717, 1.165) is 0 Å². The summed E-state index contributed by atoms with van der Waals surface area (Å²) in [7, 11) is 0. The molecule has 1 rings (SSSR count). The highest BCUT2D eigenvalue weighted by Gasteiger charge is 2.16. The molecule has 86 valence electrons. The highest BCUT2D eigenvalue weighted by molar-refractivity contribution is 6.31. The topological polar surface area (TPSA) is 89.6 Å². The van der Waals surface area contributed by atoms with E-state index in [-0.39, 0.29) is 16.3 Å². The molecule has 1 aromatic rings. The van der Waals surface area contributed by atoms with E-state index in [1.54, 1.807) is 0 Å². The van der Waals surface area contributed by atoms with Gasteiger partial charge in [0.25, 0.3) is 5.91 Å². The summed E-state index contributed by atoms with van der Waals surface area (Å²) in [5.41, 5.74) is 4.89. The number of carbonyl (C=O) groups excluding carboxylic acids is 1. The van der Waals surface area contributed by atoms with Gasteiger partial charge in [-0.05, 0) is 25.1 Å². The molecule has 0 heterocycles. The van der Waals surface area contributed by atoms with Crippen LogP contribution in [-0.2, 0) is 4.79 Å². The third kappa shape index (κ3) is 2.87. The molecule has 1 aromatic carbocycles. The average Bonchev–Trinajstić information content (AvgIpc) is 2.20. The number of halogens is 1. The molecule has 1 amide bonds. The van der Waals surface area contributed by atoms with Crippen molar-refractivity contribution < 1.29 is 19.4 Å². The number of ether oxygens (including phenoxy) is 1. The molecule has 5 nitrogen and oxygen atoms in total. The van der Waals surface area contributed by atoms with Gasteiger partial charge in [0, 0.05) is 5.02 Å². The van der Waals surface area contributed by atoms with Gasteiger partial charge in [-0.25, -0.2) is 4.79 Å². The lowest BCUT2D eigenvalue weighted by Crippen LogP contribution is -2.31. The van der Waals surface area contributed by atoms with Gasteiger partial charge in [0.1, 0.15) is 11.3 Å². The van der Waals surface area contributed by atoms with Crippen LogP contribution in [0.5, 0.6) is 5.75 Å². The fourth-order valence-corrected chi connectivity index (χ4v) is 1.19. The van der Waals surface area contributed by atoms with Gasteiger partial charge in [0.15, 0.2) is 6.10 Å². The molecule has 0 aliphatic carbocycles. The number of hydrogen-bond donors (Lipinski definition) is 2. The van der Waals surface area contributed by atoms with Gasteiger partial charge in [-0.15, -0.1) is 0 Å². The van der Waals surface area contributed by atoms with Crippen molar-refractivity contribution in [1.82, 2.24) is 0 Å². The highest BCUT2D eigenvalue weighted by atomic mass is 35.5. The summed E-state index contributed by atoms with van der Waals surface area (Å²) >= 11 is 5.65. The predicted octanol–water partition coefficient (Wildman–Crippen LogP) is 1.29. The Morgan fingerprint density at radius 1 is 1.50 bits per heavy atom. The molecule has 0 fully saturated rings. The molecule has 0 spiro atoms. The first kappa shape index (κ1) is 12.3. The van der Waals surface area contributed by atoms with E-state index in [1.165, 1.54) is 25.1 Å². The first-order valence-electron chi connectivity index (χ1n) is 4.40. The van der Waals surface area contributed by atoms with E-state index >= 15 is 0 Å². The Hall–Kier alpha value is -1.75. The van der Waals surface area contributed by atoms with Crippen LogP contribution in [-0.4, -0.2) is 23.1 Å². The minimum Gasteiger partial charge on any atom is -0.480 e. The Morgan fingerprint density at radius 2 is 2.12 bits per heavy atom. The van der Waals surface area contributed by atoms with Crippen LogP contribution in [0.1, 0.15) is 17.3 Å². The van der Waals surface area contributed by atoms with Crippen LogP contribution < -0.4 is 10.5 Å². The number of hydrogen-bond acceptors (Lipinski definition) is 3. The van der Waals surface area contributed by atoms with Crippen LogP contribution in [0, 0.1) is 0 Å². The van der Waals surface area contributed by atoms with Crippen molar-refractivity contribution in [1.29, 1.82) is 0 Å². The van der Waals surface area contributed by atoms with E-state index in [4.69, 9.17) is 27.2 Å². The van der Waals surface area contributed by atoms with Gasteiger partial charge in [-0.1, -0.05) is 11.6 Å². The smallest absolute Gasteiger partial charge is 0.339 e. The average molecular weight is 244 g/mol. The minimum atomic E-state index is -1.19. The maximum Gasteiger partial charge on any atom is 0.339 e. The predicted molar refractivity (Wildman–Crippen MR) is 57.7 cm³/mol. The van der Waals surface area contributed by atoms with Crippen molar-refractivity contribution in [3.8, 4) is 5.75 Å². The van der Waals surface area contributed by atoms with Crippen LogP contribution in [0.4, 0.5) is 0 Å². The van der Waals surface area contributed by atoms with Crippen molar-refractivity contribution in [3.05, 3.63) is 28.8 Å². The number of carbonyl (C=O) groups is 2. The molecule has 0 aromatic heterocycles. The lowest BCUT2D eigenvalue weighted by Gasteiger charge is -2.13. The van der Waals surface area contributed by atoms with Crippen molar-refractivity contribution in [3.63, 3.8) is 0 Å². The Balaban J connectivity index is 3.04. The molecule has 6 heteroatoms. The molecule has 3 N–H and O–H groups in total. The summed E-state index contributed by atoms with van der Waals surface area (Å²) < 4.78 is 5.11. The van der Waals surface area contributed by atoms with Crippen LogP contribution >= 0.6 is 11.6 Å². The zero-order chi connectivity index (χ0) is 12.3. The highest BCUT2D eigenvalue weighted by Crippen LogP contribution is 2.23. The van der Waals surface area contributed by atoms with Gasteiger partial charge in [0.05, 0.1) is 0 Å². The summed E-state index contributed by atoms with van der Waals surface area (Å²) in [6, 6.07) is 4.09. The Bertz CT molecular complexity index is 433.